The van der Waals surface area contributed by atoms with Gasteiger partial charge in [-0.05, 0) is 18.6 Å². The van der Waals surface area contributed by atoms with E-state index >= 15 is 0 Å². The number of ether oxygens (including phenoxy) is 1. The van der Waals surface area contributed by atoms with E-state index in [4.69, 9.17) is 4.74 Å². The lowest BCUT2D eigenvalue weighted by Gasteiger charge is -2.37. The van der Waals surface area contributed by atoms with Crippen LogP contribution in [0.2, 0.25) is 0 Å². The van der Waals surface area contributed by atoms with Crippen LogP contribution in [-0.2, 0) is 26.0 Å². The largest absolute Gasteiger partial charge is 0.364 e. The fourth-order valence-electron chi connectivity index (χ4n) is 3.70. The van der Waals surface area contributed by atoms with Gasteiger partial charge in [0.05, 0.1) is 28.3 Å². The molecule has 146 valence electrons. The molecular weight excluding hydrogens is 386 g/mol. The van der Waals surface area contributed by atoms with Crippen LogP contribution >= 0.6 is 11.3 Å². The molecule has 0 bridgehead atoms. The second kappa shape index (κ2) is 7.83. The van der Waals surface area contributed by atoms with Crippen LogP contribution < -0.4 is 0 Å². The molecule has 2 saturated heterocycles. The number of piperazine rings is 1. The third kappa shape index (κ3) is 4.48. The van der Waals surface area contributed by atoms with Crippen molar-refractivity contribution < 1.29 is 17.9 Å². The average Bonchev–Trinajstić information content (AvgIpc) is 3.24. The van der Waals surface area contributed by atoms with Crippen molar-refractivity contribution in [3.05, 3.63) is 29.3 Å². The van der Waals surface area contributed by atoms with Gasteiger partial charge in [0, 0.05) is 32.2 Å². The minimum absolute atomic E-state index is 0.0187. The molecule has 1 amide bonds. The number of fused-ring (bicyclic) bond motifs is 1. The molecule has 2 fully saturated rings. The maximum Gasteiger partial charge on any atom is 0.248 e. The number of sulfone groups is 1. The van der Waals surface area contributed by atoms with Gasteiger partial charge in [-0.15, -0.1) is 11.3 Å². The highest BCUT2D eigenvalue weighted by molar-refractivity contribution is 7.91. The van der Waals surface area contributed by atoms with Crippen LogP contribution in [0.1, 0.15) is 11.4 Å². The summed E-state index contributed by atoms with van der Waals surface area (Å²) < 4.78 is 30.0. The average molecular weight is 410 g/mol. The van der Waals surface area contributed by atoms with E-state index in [-0.39, 0.29) is 30.1 Å². The van der Waals surface area contributed by atoms with E-state index in [2.05, 4.69) is 9.88 Å². The van der Waals surface area contributed by atoms with Gasteiger partial charge in [0.2, 0.25) is 5.91 Å². The summed E-state index contributed by atoms with van der Waals surface area (Å²) in [5.41, 5.74) is 0.956. The standard InChI is InChI=1S/C18H23N3O4S2/c22-18(12-25-11-17-19-15-3-1-2-4-16(15)26-17)21-8-6-20(7-9-21)14-5-10-27(23,24)13-14/h1-4,14H,5-13H2/t14-/m1/s1. The minimum atomic E-state index is -2.87. The first-order valence-corrected chi connectivity index (χ1v) is 11.8. The number of para-hydroxylation sites is 1. The Balaban J connectivity index is 1.21. The van der Waals surface area contributed by atoms with Crippen molar-refractivity contribution in [2.24, 2.45) is 0 Å². The lowest BCUT2D eigenvalue weighted by Crippen LogP contribution is -2.53. The van der Waals surface area contributed by atoms with Gasteiger partial charge < -0.3 is 9.64 Å². The van der Waals surface area contributed by atoms with Gasteiger partial charge in [0.1, 0.15) is 11.6 Å². The highest BCUT2D eigenvalue weighted by Crippen LogP contribution is 2.22. The summed E-state index contributed by atoms with van der Waals surface area (Å²) in [6, 6.07) is 8.04. The van der Waals surface area contributed by atoms with E-state index in [1.165, 1.54) is 0 Å². The molecule has 4 rings (SSSR count). The number of hydrogen-bond acceptors (Lipinski definition) is 7. The van der Waals surface area contributed by atoms with Crippen LogP contribution in [0.3, 0.4) is 0 Å². The topological polar surface area (TPSA) is 79.8 Å². The Labute approximate surface area is 162 Å². The number of carbonyl (C=O) groups is 1. The Morgan fingerprint density at radius 3 is 2.70 bits per heavy atom. The van der Waals surface area contributed by atoms with Gasteiger partial charge in [0.15, 0.2) is 9.84 Å². The Bertz CT molecular complexity index is 887. The van der Waals surface area contributed by atoms with Crippen LogP contribution in [0.15, 0.2) is 24.3 Å². The monoisotopic (exact) mass is 409 g/mol. The molecule has 7 nitrogen and oxygen atoms in total. The van der Waals surface area contributed by atoms with Gasteiger partial charge in [-0.2, -0.15) is 0 Å². The third-order valence-electron chi connectivity index (χ3n) is 5.18. The van der Waals surface area contributed by atoms with Crippen LogP contribution in [0, 0.1) is 0 Å². The molecule has 0 N–H and O–H groups in total. The van der Waals surface area contributed by atoms with E-state index in [9.17, 15) is 13.2 Å². The summed E-state index contributed by atoms with van der Waals surface area (Å²) in [5.74, 6) is 0.526. The van der Waals surface area contributed by atoms with E-state index < -0.39 is 9.84 Å². The summed E-state index contributed by atoms with van der Waals surface area (Å²) in [7, 11) is -2.87. The van der Waals surface area contributed by atoms with Crippen molar-refractivity contribution >= 4 is 37.3 Å². The number of rotatable bonds is 5. The zero-order valence-corrected chi connectivity index (χ0v) is 16.7. The van der Waals surface area contributed by atoms with Crippen molar-refractivity contribution in [3.63, 3.8) is 0 Å². The van der Waals surface area contributed by atoms with E-state index in [1.807, 2.05) is 24.3 Å². The van der Waals surface area contributed by atoms with Gasteiger partial charge in [-0.25, -0.2) is 13.4 Å². The summed E-state index contributed by atoms with van der Waals surface area (Å²) in [6.07, 6.45) is 0.710. The lowest BCUT2D eigenvalue weighted by atomic mass is 10.2. The van der Waals surface area contributed by atoms with Crippen LogP contribution in [0.4, 0.5) is 0 Å². The Morgan fingerprint density at radius 1 is 1.22 bits per heavy atom. The number of amides is 1. The van der Waals surface area contributed by atoms with Gasteiger partial charge in [-0.1, -0.05) is 12.1 Å². The van der Waals surface area contributed by atoms with E-state index in [1.54, 1.807) is 16.2 Å². The quantitative estimate of drug-likeness (QED) is 0.737. The van der Waals surface area contributed by atoms with Crippen molar-refractivity contribution in [1.29, 1.82) is 0 Å². The Kier molecular flexibility index (Phi) is 5.45. The number of benzene rings is 1. The molecule has 0 spiro atoms. The Hall–Kier alpha value is -1.55. The predicted molar refractivity (Wildman–Crippen MR) is 104 cm³/mol. The Morgan fingerprint density at radius 2 is 2.00 bits per heavy atom. The second-order valence-corrected chi connectivity index (χ2v) is 10.4. The molecule has 2 aliphatic rings. The highest BCUT2D eigenvalue weighted by Gasteiger charge is 2.34. The molecular formula is C18H23N3O4S2. The molecule has 27 heavy (non-hydrogen) atoms. The lowest BCUT2D eigenvalue weighted by molar-refractivity contribution is -0.138. The van der Waals surface area contributed by atoms with Gasteiger partial charge in [-0.3, -0.25) is 9.69 Å². The number of carbonyl (C=O) groups excluding carboxylic acids is 1. The molecule has 0 unspecified atom stereocenters. The fraction of sp³-hybridized carbons (Fsp3) is 0.556. The smallest absolute Gasteiger partial charge is 0.248 e. The van der Waals surface area contributed by atoms with Gasteiger partial charge in [0.25, 0.3) is 0 Å². The van der Waals surface area contributed by atoms with Crippen LogP contribution in [0.25, 0.3) is 10.2 Å². The van der Waals surface area contributed by atoms with E-state index in [0.717, 1.165) is 28.3 Å². The SMILES string of the molecule is O=C(COCc1nc2ccccc2s1)N1CCN([C@@H]2CCS(=O)(=O)C2)CC1. The second-order valence-electron chi connectivity index (χ2n) is 7.04. The summed E-state index contributed by atoms with van der Waals surface area (Å²) >= 11 is 1.58. The van der Waals surface area contributed by atoms with Crippen LogP contribution in [0.5, 0.6) is 0 Å². The minimum Gasteiger partial charge on any atom is -0.364 e. The molecule has 3 heterocycles. The third-order valence-corrected chi connectivity index (χ3v) is 7.94. The predicted octanol–water partition coefficient (Wildman–Crippen LogP) is 1.14. The number of nitrogens with zero attached hydrogens (tertiary/aromatic N) is 3. The number of thiazole rings is 1. The number of hydrogen-bond donors (Lipinski definition) is 0. The summed E-state index contributed by atoms with van der Waals surface area (Å²) in [4.78, 5) is 20.9. The zero-order valence-electron chi connectivity index (χ0n) is 15.0. The molecule has 1 aromatic heterocycles. The normalized spacial score (nSPS) is 23.1. The van der Waals surface area contributed by atoms with Crippen molar-refractivity contribution in [1.82, 2.24) is 14.8 Å². The van der Waals surface area contributed by atoms with Crippen molar-refractivity contribution in [2.75, 3.05) is 44.3 Å². The summed E-state index contributed by atoms with van der Waals surface area (Å²) in [6.45, 7) is 3.09. The fourth-order valence-corrected chi connectivity index (χ4v) is 6.36. The van der Waals surface area contributed by atoms with Gasteiger partial charge >= 0.3 is 0 Å². The maximum absolute atomic E-state index is 12.4. The first-order chi connectivity index (χ1) is 13.0. The summed E-state index contributed by atoms with van der Waals surface area (Å²) in [5, 5.41) is 0.872. The van der Waals surface area contributed by atoms with Crippen LogP contribution in [-0.4, -0.2) is 79.4 Å². The molecule has 0 saturated carbocycles. The van der Waals surface area contributed by atoms with Crippen molar-refractivity contribution in [3.8, 4) is 0 Å². The molecule has 0 radical (unpaired) electrons. The molecule has 1 atom stereocenters. The first kappa shape index (κ1) is 18.8. The first-order valence-electron chi connectivity index (χ1n) is 9.15. The molecule has 2 aliphatic heterocycles. The highest BCUT2D eigenvalue weighted by atomic mass is 32.2. The zero-order chi connectivity index (χ0) is 18.9. The maximum atomic E-state index is 12.4. The molecule has 2 aromatic rings. The number of aromatic nitrogens is 1. The molecule has 1 aromatic carbocycles. The molecule has 9 heteroatoms. The molecule has 0 aliphatic carbocycles. The van der Waals surface area contributed by atoms with E-state index in [0.29, 0.717) is 26.1 Å². The van der Waals surface area contributed by atoms with Crippen molar-refractivity contribution in [2.45, 2.75) is 19.1 Å².